The lowest BCUT2D eigenvalue weighted by atomic mass is 9.96. The number of halogens is 1. The van der Waals surface area contributed by atoms with Gasteiger partial charge in [0, 0.05) is 46.4 Å². The Morgan fingerprint density at radius 2 is 1.82 bits per heavy atom. The Kier molecular flexibility index (Phi) is 8.14. The number of thiocarbonyl (C=S) groups is 1. The van der Waals surface area contributed by atoms with Crippen LogP contribution in [0, 0.1) is 13.8 Å². The first-order valence-electron chi connectivity index (χ1n) is 13.2. The van der Waals surface area contributed by atoms with Crippen LogP contribution in [0.5, 0.6) is 0 Å². The fourth-order valence-electron chi connectivity index (χ4n) is 5.44. The second kappa shape index (κ2) is 11.7. The van der Waals surface area contributed by atoms with Crippen LogP contribution in [0.2, 0.25) is 0 Å². The molecule has 200 valence electrons. The molecule has 0 spiro atoms. The van der Waals surface area contributed by atoms with Gasteiger partial charge >= 0.3 is 0 Å². The van der Waals surface area contributed by atoms with Gasteiger partial charge in [0.05, 0.1) is 17.8 Å². The minimum Gasteiger partial charge on any atom is -0.352 e. The maximum absolute atomic E-state index is 13.1. The zero-order chi connectivity index (χ0) is 27.5. The summed E-state index contributed by atoms with van der Waals surface area (Å²) in [4.78, 5) is 19.9. The highest BCUT2D eigenvalue weighted by Gasteiger charge is 2.41. The number of pyridine rings is 1. The summed E-state index contributed by atoms with van der Waals surface area (Å²) >= 11 is 9.39. The molecule has 1 fully saturated rings. The second-order valence-electron chi connectivity index (χ2n) is 9.77. The number of amides is 1. The normalized spacial score (nSPS) is 16.8. The molecule has 3 heterocycles. The minimum absolute atomic E-state index is 0.0286. The number of anilines is 1. The summed E-state index contributed by atoms with van der Waals surface area (Å²) < 4.78 is 3.31. The molecule has 39 heavy (non-hydrogen) atoms. The van der Waals surface area contributed by atoms with E-state index in [0.29, 0.717) is 18.1 Å². The van der Waals surface area contributed by atoms with E-state index < -0.39 is 0 Å². The molecule has 8 heteroatoms. The zero-order valence-corrected chi connectivity index (χ0v) is 24.7. The summed E-state index contributed by atoms with van der Waals surface area (Å²) in [5.41, 5.74) is 7.45. The third-order valence-corrected chi connectivity index (χ3v) is 8.20. The molecule has 2 aromatic carbocycles. The zero-order valence-electron chi connectivity index (χ0n) is 22.3. The standard InChI is InChI=1S/C31H32BrN5OS/c1-4-22-9-5-6-10-26(22)34-28(38)16-18-36-30(29(35-31(36)39)27-11-7-8-17-33-27)25-19-20(2)37(21(25)3)24-14-12-23(32)13-15-24/h5-15,17,19,29-30H,4,16,18H2,1-3H3,(H,34,38)(H,35,39)/t29-,30+/m0/s1. The molecule has 0 unspecified atom stereocenters. The van der Waals surface area contributed by atoms with Crippen LogP contribution in [-0.4, -0.2) is 32.0 Å². The molecule has 6 nitrogen and oxygen atoms in total. The average Bonchev–Trinajstić information content (AvgIpc) is 3.43. The van der Waals surface area contributed by atoms with E-state index in [-0.39, 0.29) is 18.0 Å². The number of carbonyl (C=O) groups excluding carboxylic acids is 1. The number of benzene rings is 2. The topological polar surface area (TPSA) is 62.2 Å². The monoisotopic (exact) mass is 601 g/mol. The van der Waals surface area contributed by atoms with Gasteiger partial charge in [-0.3, -0.25) is 9.78 Å². The van der Waals surface area contributed by atoms with Crippen LogP contribution in [0.15, 0.2) is 83.5 Å². The number of aromatic nitrogens is 2. The van der Waals surface area contributed by atoms with Crippen molar-refractivity contribution in [1.29, 1.82) is 0 Å². The summed E-state index contributed by atoms with van der Waals surface area (Å²) in [6.45, 7) is 6.85. The van der Waals surface area contributed by atoms with Crippen molar-refractivity contribution < 1.29 is 4.79 Å². The van der Waals surface area contributed by atoms with E-state index in [1.54, 1.807) is 0 Å². The van der Waals surface area contributed by atoms with E-state index >= 15 is 0 Å². The Bertz CT molecular complexity index is 1480. The van der Waals surface area contributed by atoms with E-state index in [1.165, 1.54) is 0 Å². The van der Waals surface area contributed by atoms with Gasteiger partial charge in [0.15, 0.2) is 5.11 Å². The van der Waals surface area contributed by atoms with Gasteiger partial charge < -0.3 is 20.1 Å². The summed E-state index contributed by atoms with van der Waals surface area (Å²) in [6.07, 6.45) is 2.98. The molecule has 1 aliphatic heterocycles. The third-order valence-electron chi connectivity index (χ3n) is 7.32. The van der Waals surface area contributed by atoms with Crippen molar-refractivity contribution in [3.63, 3.8) is 0 Å². The molecule has 0 saturated carbocycles. The Morgan fingerprint density at radius 1 is 1.08 bits per heavy atom. The van der Waals surface area contributed by atoms with Gasteiger partial charge in [-0.1, -0.05) is 47.1 Å². The highest BCUT2D eigenvalue weighted by molar-refractivity contribution is 9.10. The van der Waals surface area contributed by atoms with Gasteiger partial charge in [0.2, 0.25) is 5.91 Å². The molecular formula is C31H32BrN5OS. The van der Waals surface area contributed by atoms with Crippen LogP contribution in [-0.2, 0) is 11.2 Å². The molecule has 0 aliphatic carbocycles. The molecule has 0 bridgehead atoms. The molecule has 2 atom stereocenters. The highest BCUT2D eigenvalue weighted by atomic mass is 79.9. The lowest BCUT2D eigenvalue weighted by Crippen LogP contribution is -2.33. The molecule has 5 rings (SSSR count). The van der Waals surface area contributed by atoms with Gasteiger partial charge in [-0.15, -0.1) is 0 Å². The van der Waals surface area contributed by atoms with Crippen molar-refractivity contribution in [3.8, 4) is 5.69 Å². The lowest BCUT2D eigenvalue weighted by Gasteiger charge is -2.28. The quantitative estimate of drug-likeness (QED) is 0.217. The summed E-state index contributed by atoms with van der Waals surface area (Å²) in [6, 6.07) is 24.2. The summed E-state index contributed by atoms with van der Waals surface area (Å²) in [7, 11) is 0. The van der Waals surface area contributed by atoms with Crippen LogP contribution in [0.3, 0.4) is 0 Å². The summed E-state index contributed by atoms with van der Waals surface area (Å²) in [5, 5.41) is 7.24. The predicted octanol–water partition coefficient (Wildman–Crippen LogP) is 6.82. The van der Waals surface area contributed by atoms with E-state index in [2.05, 4.69) is 92.1 Å². The molecule has 1 amide bonds. The minimum atomic E-state index is -0.138. The molecule has 2 N–H and O–H groups in total. The Labute approximate surface area is 243 Å². The van der Waals surface area contributed by atoms with Crippen molar-refractivity contribution in [2.75, 3.05) is 11.9 Å². The van der Waals surface area contributed by atoms with E-state index in [1.807, 2.05) is 48.7 Å². The van der Waals surface area contributed by atoms with Gasteiger partial charge in [-0.25, -0.2) is 0 Å². The van der Waals surface area contributed by atoms with E-state index in [0.717, 1.165) is 50.5 Å². The van der Waals surface area contributed by atoms with Crippen LogP contribution >= 0.6 is 28.1 Å². The van der Waals surface area contributed by atoms with Gasteiger partial charge in [0.1, 0.15) is 0 Å². The van der Waals surface area contributed by atoms with Crippen LogP contribution < -0.4 is 10.6 Å². The fraction of sp³-hybridized carbons (Fsp3) is 0.258. The number of aryl methyl sites for hydroxylation is 2. The van der Waals surface area contributed by atoms with Crippen LogP contribution in [0.4, 0.5) is 5.69 Å². The molecule has 1 aliphatic rings. The Hall–Kier alpha value is -3.49. The van der Waals surface area contributed by atoms with Crippen molar-refractivity contribution in [3.05, 3.63) is 112 Å². The van der Waals surface area contributed by atoms with Crippen molar-refractivity contribution in [1.82, 2.24) is 19.8 Å². The Morgan fingerprint density at radius 3 is 2.54 bits per heavy atom. The number of para-hydroxylation sites is 1. The number of nitrogens with zero attached hydrogens (tertiary/aromatic N) is 3. The fourth-order valence-corrected chi connectivity index (χ4v) is 6.04. The number of hydrogen-bond donors (Lipinski definition) is 2. The highest BCUT2D eigenvalue weighted by Crippen LogP contribution is 2.41. The molecule has 0 radical (unpaired) electrons. The Balaban J connectivity index is 1.46. The molecule has 4 aromatic rings. The van der Waals surface area contributed by atoms with Crippen LogP contribution in [0.25, 0.3) is 5.69 Å². The van der Waals surface area contributed by atoms with Crippen molar-refractivity contribution >= 4 is 44.9 Å². The van der Waals surface area contributed by atoms with E-state index in [4.69, 9.17) is 12.2 Å². The number of hydrogen-bond acceptors (Lipinski definition) is 3. The molecule has 2 aromatic heterocycles. The molecular weight excluding hydrogens is 570 g/mol. The average molecular weight is 603 g/mol. The van der Waals surface area contributed by atoms with Crippen molar-refractivity contribution in [2.24, 2.45) is 0 Å². The van der Waals surface area contributed by atoms with Gasteiger partial charge in [0.25, 0.3) is 0 Å². The first kappa shape index (κ1) is 27.1. The molecule has 1 saturated heterocycles. The van der Waals surface area contributed by atoms with Gasteiger partial charge in [-0.2, -0.15) is 0 Å². The first-order chi connectivity index (χ1) is 18.9. The predicted molar refractivity (Wildman–Crippen MR) is 164 cm³/mol. The SMILES string of the molecule is CCc1ccccc1NC(=O)CCN1C(=S)N[C@@H](c2ccccn2)[C@H]1c1cc(C)n(-c2ccc(Br)cc2)c1C. The number of nitrogens with one attached hydrogen (secondary N) is 2. The third kappa shape index (κ3) is 5.63. The maximum Gasteiger partial charge on any atom is 0.226 e. The maximum atomic E-state index is 13.1. The number of rotatable bonds is 8. The van der Waals surface area contributed by atoms with E-state index in [9.17, 15) is 4.79 Å². The lowest BCUT2D eigenvalue weighted by molar-refractivity contribution is -0.116. The largest absolute Gasteiger partial charge is 0.352 e. The second-order valence-corrected chi connectivity index (χ2v) is 11.1. The van der Waals surface area contributed by atoms with Crippen molar-refractivity contribution in [2.45, 2.75) is 45.7 Å². The summed E-state index contributed by atoms with van der Waals surface area (Å²) in [5.74, 6) is -0.0286. The van der Waals surface area contributed by atoms with Crippen LogP contribution in [0.1, 0.15) is 53.6 Å². The first-order valence-corrected chi connectivity index (χ1v) is 14.4. The smallest absolute Gasteiger partial charge is 0.226 e. The number of carbonyl (C=O) groups is 1. The van der Waals surface area contributed by atoms with Gasteiger partial charge in [-0.05, 0) is 92.1 Å².